The van der Waals surface area contributed by atoms with Gasteiger partial charge in [0.2, 0.25) is 11.0 Å². The van der Waals surface area contributed by atoms with Crippen molar-refractivity contribution in [1.29, 1.82) is 0 Å². The molecule has 1 atom stereocenters. The van der Waals surface area contributed by atoms with Gasteiger partial charge < -0.3 is 4.90 Å². The summed E-state index contributed by atoms with van der Waals surface area (Å²) in [5, 5.41) is 11.0. The van der Waals surface area contributed by atoms with Gasteiger partial charge in [-0.15, -0.1) is 0 Å². The van der Waals surface area contributed by atoms with E-state index in [-0.39, 0.29) is 16.9 Å². The lowest BCUT2D eigenvalue weighted by atomic mass is 10.0. The molecule has 6 nitrogen and oxygen atoms in total. The van der Waals surface area contributed by atoms with Gasteiger partial charge in [0, 0.05) is 12.6 Å². The zero-order valence-electron chi connectivity index (χ0n) is 10.4. The van der Waals surface area contributed by atoms with Gasteiger partial charge in [-0.25, -0.2) is 9.97 Å². The van der Waals surface area contributed by atoms with Crippen LogP contribution >= 0.6 is 11.6 Å². The lowest BCUT2D eigenvalue weighted by Crippen LogP contribution is -2.38. The van der Waals surface area contributed by atoms with Crippen LogP contribution in [0, 0.1) is 17.0 Å². The number of nitro groups is 1. The van der Waals surface area contributed by atoms with Gasteiger partial charge in [-0.3, -0.25) is 10.1 Å². The molecule has 1 saturated heterocycles. The van der Waals surface area contributed by atoms with Gasteiger partial charge in [0.05, 0.1) is 4.92 Å². The average molecular weight is 271 g/mol. The second kappa shape index (κ2) is 5.06. The molecule has 18 heavy (non-hydrogen) atoms. The number of aromatic nitrogens is 2. The molecule has 0 bridgehead atoms. The van der Waals surface area contributed by atoms with Crippen LogP contribution in [-0.2, 0) is 0 Å². The molecule has 1 aliphatic rings. The molecule has 0 spiro atoms. The van der Waals surface area contributed by atoms with Crippen molar-refractivity contribution in [2.75, 3.05) is 11.4 Å². The molecule has 0 aliphatic carbocycles. The van der Waals surface area contributed by atoms with E-state index in [2.05, 4.69) is 9.97 Å². The highest BCUT2D eigenvalue weighted by molar-refractivity contribution is 6.31. The van der Waals surface area contributed by atoms with Gasteiger partial charge in [0.15, 0.2) is 0 Å². The number of rotatable bonds is 2. The summed E-state index contributed by atoms with van der Waals surface area (Å²) in [4.78, 5) is 20.7. The number of halogens is 1. The summed E-state index contributed by atoms with van der Waals surface area (Å²) in [6.07, 6.45) is 3.17. The summed E-state index contributed by atoms with van der Waals surface area (Å²) in [6, 6.07) is 0.239. The number of anilines is 1. The van der Waals surface area contributed by atoms with Crippen molar-refractivity contribution in [3.8, 4) is 0 Å². The molecule has 0 saturated carbocycles. The first-order valence-corrected chi connectivity index (χ1v) is 6.33. The van der Waals surface area contributed by atoms with Crippen LogP contribution in [-0.4, -0.2) is 27.5 Å². The van der Waals surface area contributed by atoms with Crippen LogP contribution in [0.25, 0.3) is 0 Å². The first-order valence-electron chi connectivity index (χ1n) is 5.96. The van der Waals surface area contributed by atoms with Crippen LogP contribution in [0.3, 0.4) is 0 Å². The number of aryl methyl sites for hydroxylation is 1. The van der Waals surface area contributed by atoms with E-state index in [4.69, 9.17) is 11.6 Å². The predicted octanol–water partition coefficient (Wildman–Crippen LogP) is 2.73. The van der Waals surface area contributed by atoms with Crippen LogP contribution < -0.4 is 4.90 Å². The molecule has 0 N–H and O–H groups in total. The summed E-state index contributed by atoms with van der Waals surface area (Å²) in [5.74, 6) is 0.808. The molecule has 2 heterocycles. The fourth-order valence-electron chi connectivity index (χ4n) is 2.29. The Kier molecular flexibility index (Phi) is 3.65. The number of piperidine rings is 1. The van der Waals surface area contributed by atoms with Gasteiger partial charge in [-0.2, -0.15) is 0 Å². The van der Waals surface area contributed by atoms with E-state index in [1.165, 1.54) is 0 Å². The summed E-state index contributed by atoms with van der Waals surface area (Å²) >= 11 is 5.88. The van der Waals surface area contributed by atoms with Crippen molar-refractivity contribution in [2.24, 2.45) is 0 Å². The lowest BCUT2D eigenvalue weighted by molar-refractivity contribution is -0.384. The van der Waals surface area contributed by atoms with E-state index in [1.807, 2.05) is 11.8 Å². The van der Waals surface area contributed by atoms with E-state index in [0.29, 0.717) is 11.6 Å². The summed E-state index contributed by atoms with van der Waals surface area (Å²) in [7, 11) is 0. The second-order valence-electron chi connectivity index (χ2n) is 4.53. The first-order chi connectivity index (χ1) is 8.50. The van der Waals surface area contributed by atoms with Crippen LogP contribution in [0.1, 0.15) is 32.0 Å². The summed E-state index contributed by atoms with van der Waals surface area (Å²) in [6.45, 7) is 4.51. The molecule has 98 valence electrons. The van der Waals surface area contributed by atoms with Crippen LogP contribution in [0.5, 0.6) is 0 Å². The summed E-state index contributed by atoms with van der Waals surface area (Å²) < 4.78 is 0. The fourth-order valence-corrected chi connectivity index (χ4v) is 2.56. The Morgan fingerprint density at radius 3 is 2.78 bits per heavy atom. The van der Waals surface area contributed by atoms with Gasteiger partial charge in [0.1, 0.15) is 5.82 Å². The minimum Gasteiger partial charge on any atom is -0.348 e. The van der Waals surface area contributed by atoms with E-state index in [1.54, 1.807) is 6.92 Å². The highest BCUT2D eigenvalue weighted by atomic mass is 35.5. The van der Waals surface area contributed by atoms with Crippen molar-refractivity contribution < 1.29 is 4.92 Å². The van der Waals surface area contributed by atoms with E-state index < -0.39 is 4.92 Å². The van der Waals surface area contributed by atoms with Gasteiger partial charge in [-0.1, -0.05) is 11.6 Å². The van der Waals surface area contributed by atoms with E-state index in [0.717, 1.165) is 25.8 Å². The minimum atomic E-state index is -0.502. The van der Waals surface area contributed by atoms with Crippen molar-refractivity contribution in [3.63, 3.8) is 0 Å². The molecule has 1 aliphatic heterocycles. The standard InChI is InChI=1S/C11H15ClN4O2/c1-7-5-3-4-6-15(7)11-9(16(17)18)10(12)13-8(2)14-11/h7H,3-6H2,1-2H3. The smallest absolute Gasteiger partial charge is 0.348 e. The Bertz CT molecular complexity index is 480. The topological polar surface area (TPSA) is 72.2 Å². The third-order valence-electron chi connectivity index (χ3n) is 3.19. The first kappa shape index (κ1) is 13.0. The Morgan fingerprint density at radius 1 is 1.44 bits per heavy atom. The molecular weight excluding hydrogens is 256 g/mol. The van der Waals surface area contributed by atoms with Crippen molar-refractivity contribution in [2.45, 2.75) is 39.2 Å². The fraction of sp³-hybridized carbons (Fsp3) is 0.636. The van der Waals surface area contributed by atoms with Crippen LogP contribution in [0.15, 0.2) is 0 Å². The van der Waals surface area contributed by atoms with Crippen LogP contribution in [0.4, 0.5) is 11.5 Å². The lowest BCUT2D eigenvalue weighted by Gasteiger charge is -2.34. The highest BCUT2D eigenvalue weighted by Crippen LogP contribution is 2.35. The molecular formula is C11H15ClN4O2. The maximum atomic E-state index is 11.1. The van der Waals surface area contributed by atoms with Crippen molar-refractivity contribution in [1.82, 2.24) is 9.97 Å². The average Bonchev–Trinajstić information content (AvgIpc) is 2.27. The molecule has 1 fully saturated rings. The second-order valence-corrected chi connectivity index (χ2v) is 4.89. The third-order valence-corrected chi connectivity index (χ3v) is 3.46. The van der Waals surface area contributed by atoms with Gasteiger partial charge in [-0.05, 0) is 33.1 Å². The molecule has 1 aromatic heterocycles. The van der Waals surface area contributed by atoms with E-state index in [9.17, 15) is 10.1 Å². The third kappa shape index (κ3) is 2.38. The zero-order valence-corrected chi connectivity index (χ0v) is 11.1. The summed E-state index contributed by atoms with van der Waals surface area (Å²) in [5.41, 5.74) is -0.184. The molecule has 7 heteroatoms. The number of hydrogen-bond donors (Lipinski definition) is 0. The SMILES string of the molecule is Cc1nc(Cl)c([N+](=O)[O-])c(N2CCCCC2C)n1. The van der Waals surface area contributed by atoms with Crippen molar-refractivity contribution in [3.05, 3.63) is 21.1 Å². The molecule has 0 aromatic carbocycles. The largest absolute Gasteiger partial charge is 0.348 e. The Morgan fingerprint density at radius 2 is 2.17 bits per heavy atom. The number of hydrogen-bond acceptors (Lipinski definition) is 5. The van der Waals surface area contributed by atoms with Gasteiger partial charge in [0.25, 0.3) is 0 Å². The van der Waals surface area contributed by atoms with Gasteiger partial charge >= 0.3 is 5.69 Å². The minimum absolute atomic E-state index is 0.0831. The van der Waals surface area contributed by atoms with Crippen molar-refractivity contribution >= 4 is 23.1 Å². The molecule has 1 unspecified atom stereocenters. The predicted molar refractivity (Wildman–Crippen MR) is 69.1 cm³/mol. The Hall–Kier alpha value is -1.43. The Balaban J connectivity index is 2.50. The maximum absolute atomic E-state index is 11.1. The zero-order chi connectivity index (χ0) is 13.3. The Labute approximate surface area is 110 Å². The molecule has 2 rings (SSSR count). The number of nitrogens with zero attached hydrogens (tertiary/aromatic N) is 4. The van der Waals surface area contributed by atoms with Crippen LogP contribution in [0.2, 0.25) is 5.15 Å². The monoisotopic (exact) mass is 270 g/mol. The quantitative estimate of drug-likeness (QED) is 0.469. The molecule has 0 amide bonds. The maximum Gasteiger partial charge on any atom is 0.348 e. The normalized spacial score (nSPS) is 19.9. The highest BCUT2D eigenvalue weighted by Gasteiger charge is 2.30. The molecule has 0 radical (unpaired) electrons. The molecule has 1 aromatic rings. The van der Waals surface area contributed by atoms with E-state index >= 15 is 0 Å².